The summed E-state index contributed by atoms with van der Waals surface area (Å²) in [4.78, 5) is 0. The van der Waals surface area contributed by atoms with Gasteiger partial charge in [-0.1, -0.05) is 0 Å². The summed E-state index contributed by atoms with van der Waals surface area (Å²) < 4.78 is 10.2. The molecule has 0 spiro atoms. The van der Waals surface area contributed by atoms with Gasteiger partial charge in [-0.3, -0.25) is 0 Å². The third kappa shape index (κ3) is 0.707. The van der Waals surface area contributed by atoms with Gasteiger partial charge in [0.15, 0.2) is 11.5 Å². The number of rotatable bonds is 0. The summed E-state index contributed by atoms with van der Waals surface area (Å²) in [6.07, 6.45) is 5.50. The van der Waals surface area contributed by atoms with E-state index in [0.717, 1.165) is 24.5 Å². The van der Waals surface area contributed by atoms with Gasteiger partial charge in [-0.05, 0) is 6.42 Å². The van der Waals surface area contributed by atoms with E-state index in [-0.39, 0.29) is 0 Å². The van der Waals surface area contributed by atoms with Crippen molar-refractivity contribution in [2.75, 3.05) is 6.61 Å². The average Bonchev–Trinajstić information content (AvgIpc) is 2.33. The van der Waals surface area contributed by atoms with Crippen LogP contribution in [0.4, 0.5) is 0 Å². The third-order valence-corrected chi connectivity index (χ3v) is 1.27. The Hall–Kier alpha value is -0.920. The fourth-order valence-corrected chi connectivity index (χ4v) is 0.866. The van der Waals surface area contributed by atoms with Crippen molar-refractivity contribution in [3.8, 4) is 5.75 Å². The molecule has 0 aliphatic carbocycles. The second-order valence-corrected chi connectivity index (χ2v) is 1.89. The van der Waals surface area contributed by atoms with E-state index < -0.39 is 0 Å². The Balaban J connectivity index is 2.39. The van der Waals surface area contributed by atoms with Crippen molar-refractivity contribution in [2.24, 2.45) is 0 Å². The molecule has 2 rings (SSSR count). The molecule has 0 bridgehead atoms. The molecule has 2 heterocycles. The number of furan rings is 1. The molecule has 2 radical (unpaired) electrons. The summed E-state index contributed by atoms with van der Waals surface area (Å²) in [5, 5.41) is 0. The van der Waals surface area contributed by atoms with Crippen LogP contribution >= 0.6 is 0 Å². The molecule has 1 aromatic heterocycles. The second-order valence-electron chi connectivity index (χ2n) is 1.89. The van der Waals surface area contributed by atoms with E-state index >= 15 is 0 Å². The zero-order valence-electron chi connectivity index (χ0n) is 4.89. The van der Waals surface area contributed by atoms with Crippen molar-refractivity contribution in [3.63, 3.8) is 0 Å². The lowest BCUT2D eigenvalue weighted by Crippen LogP contribution is -2.03. The molecule has 0 amide bonds. The average molecular weight is 122 g/mol. The maximum absolute atomic E-state index is 5.21. The fraction of sp³-hybridized carbons (Fsp3) is 0.286. The monoisotopic (exact) mass is 122 g/mol. The van der Waals surface area contributed by atoms with E-state index in [1.54, 1.807) is 6.26 Å². The third-order valence-electron chi connectivity index (χ3n) is 1.27. The molecule has 9 heavy (non-hydrogen) atoms. The number of ether oxygens (including phenoxy) is 1. The van der Waals surface area contributed by atoms with Gasteiger partial charge in [0.05, 0.1) is 19.3 Å². The van der Waals surface area contributed by atoms with Gasteiger partial charge >= 0.3 is 0 Å². The zero-order chi connectivity index (χ0) is 6.10. The van der Waals surface area contributed by atoms with Gasteiger partial charge in [-0.25, -0.2) is 0 Å². The van der Waals surface area contributed by atoms with Gasteiger partial charge in [0.25, 0.3) is 0 Å². The molecular weight excluding hydrogens is 116 g/mol. The molecule has 0 atom stereocenters. The van der Waals surface area contributed by atoms with Gasteiger partial charge in [0.2, 0.25) is 0 Å². The minimum atomic E-state index is 0.729. The van der Waals surface area contributed by atoms with Crippen molar-refractivity contribution in [1.82, 2.24) is 0 Å². The van der Waals surface area contributed by atoms with Crippen molar-refractivity contribution in [2.45, 2.75) is 6.42 Å². The summed E-state index contributed by atoms with van der Waals surface area (Å²) in [5.41, 5.74) is 0. The van der Waals surface area contributed by atoms with Crippen LogP contribution in [0.5, 0.6) is 5.75 Å². The normalized spacial score (nSPS) is 16.4. The molecule has 0 unspecified atom stereocenters. The van der Waals surface area contributed by atoms with Crippen LogP contribution in [0.1, 0.15) is 12.2 Å². The van der Waals surface area contributed by atoms with Gasteiger partial charge < -0.3 is 9.15 Å². The first-order valence-electron chi connectivity index (χ1n) is 2.91. The Bertz CT molecular complexity index is 182. The zero-order valence-corrected chi connectivity index (χ0v) is 4.89. The van der Waals surface area contributed by atoms with Crippen LogP contribution < -0.4 is 4.74 Å². The van der Waals surface area contributed by atoms with Crippen molar-refractivity contribution < 1.29 is 9.15 Å². The van der Waals surface area contributed by atoms with Crippen LogP contribution in [0.2, 0.25) is 0 Å². The summed E-state index contributed by atoms with van der Waals surface area (Å²) in [6, 6.07) is 1.81. The fourth-order valence-electron chi connectivity index (χ4n) is 0.866. The Labute approximate surface area is 53.4 Å². The molecular formula is C7H6O2. The highest BCUT2D eigenvalue weighted by molar-refractivity contribution is 5.31. The number of fused-ring (bicyclic) bond motifs is 1. The van der Waals surface area contributed by atoms with E-state index in [0.29, 0.717) is 0 Å². The second kappa shape index (κ2) is 1.79. The van der Waals surface area contributed by atoms with Gasteiger partial charge in [0.1, 0.15) is 0 Å². The van der Waals surface area contributed by atoms with Crippen molar-refractivity contribution in [3.05, 3.63) is 24.5 Å². The predicted octanol–water partition coefficient (Wildman–Crippen LogP) is 1.49. The Morgan fingerprint density at radius 2 is 2.56 bits per heavy atom. The summed E-state index contributed by atoms with van der Waals surface area (Å²) in [7, 11) is 0. The summed E-state index contributed by atoms with van der Waals surface area (Å²) in [5.74, 6) is 1.57. The first kappa shape index (κ1) is 4.91. The maximum atomic E-state index is 5.21. The van der Waals surface area contributed by atoms with Crippen molar-refractivity contribution in [1.29, 1.82) is 0 Å². The smallest absolute Gasteiger partial charge is 0.161 e. The lowest BCUT2D eigenvalue weighted by Gasteiger charge is -2.09. The lowest BCUT2D eigenvalue weighted by molar-refractivity contribution is 0.294. The molecule has 1 aliphatic rings. The van der Waals surface area contributed by atoms with Crippen LogP contribution in [0, 0.1) is 6.42 Å². The van der Waals surface area contributed by atoms with Gasteiger partial charge in [0, 0.05) is 6.07 Å². The molecule has 2 nitrogen and oxygen atoms in total. The van der Waals surface area contributed by atoms with E-state index in [1.807, 2.05) is 6.07 Å². The quantitative estimate of drug-likeness (QED) is 0.520. The maximum Gasteiger partial charge on any atom is 0.161 e. The Morgan fingerprint density at radius 1 is 1.56 bits per heavy atom. The Kier molecular flexibility index (Phi) is 0.979. The van der Waals surface area contributed by atoms with Crippen LogP contribution in [0.15, 0.2) is 16.7 Å². The molecule has 2 heteroatoms. The highest BCUT2D eigenvalue weighted by Gasteiger charge is 2.12. The molecule has 1 aromatic rings. The van der Waals surface area contributed by atoms with Crippen LogP contribution in [0.3, 0.4) is 0 Å². The molecule has 0 saturated carbocycles. The number of hydrogen-bond acceptors (Lipinski definition) is 2. The first-order valence-corrected chi connectivity index (χ1v) is 2.91. The largest absolute Gasteiger partial charge is 0.490 e. The van der Waals surface area contributed by atoms with Gasteiger partial charge in [-0.15, -0.1) is 0 Å². The molecule has 46 valence electrons. The van der Waals surface area contributed by atoms with Crippen LogP contribution in [-0.4, -0.2) is 6.61 Å². The number of hydrogen-bond donors (Lipinski definition) is 0. The minimum Gasteiger partial charge on any atom is -0.490 e. The van der Waals surface area contributed by atoms with Gasteiger partial charge in [-0.2, -0.15) is 0 Å². The predicted molar refractivity (Wildman–Crippen MR) is 31.2 cm³/mol. The summed E-state index contributed by atoms with van der Waals surface area (Å²) in [6.45, 7) is 0.729. The molecule has 0 saturated heterocycles. The lowest BCUT2D eigenvalue weighted by atomic mass is 10.2. The van der Waals surface area contributed by atoms with Crippen molar-refractivity contribution >= 4 is 0 Å². The standard InChI is InChI=1S/C7H6O2/c1-2-6-7(8-4-1)3-5-9-6/h3,5H,1,4H2. The van der Waals surface area contributed by atoms with Crippen LogP contribution in [0.25, 0.3) is 0 Å². The minimum absolute atomic E-state index is 0.729. The molecule has 1 aliphatic heterocycles. The summed E-state index contributed by atoms with van der Waals surface area (Å²) >= 11 is 0. The molecule has 0 aromatic carbocycles. The highest BCUT2D eigenvalue weighted by atomic mass is 16.5. The first-order chi connectivity index (χ1) is 4.47. The highest BCUT2D eigenvalue weighted by Crippen LogP contribution is 2.25. The SMILES string of the molecule is [C]1CCOc2ccoc21. The van der Waals surface area contributed by atoms with E-state index in [9.17, 15) is 0 Å². The van der Waals surface area contributed by atoms with Crippen LogP contribution in [-0.2, 0) is 0 Å². The molecule has 0 N–H and O–H groups in total. The Morgan fingerprint density at radius 3 is 3.44 bits per heavy atom. The topological polar surface area (TPSA) is 22.4 Å². The van der Waals surface area contributed by atoms with E-state index in [1.165, 1.54) is 0 Å². The van der Waals surface area contributed by atoms with E-state index in [2.05, 4.69) is 6.42 Å². The van der Waals surface area contributed by atoms with E-state index in [4.69, 9.17) is 9.15 Å². The molecule has 0 fully saturated rings.